The monoisotopic (exact) mass is 286 g/mol. The lowest BCUT2D eigenvalue weighted by atomic mass is 10.2. The van der Waals surface area contributed by atoms with Crippen molar-refractivity contribution < 1.29 is 4.74 Å². The number of nitrogens with two attached hydrogens (primary N) is 1. The van der Waals surface area contributed by atoms with Crippen LogP contribution in [0, 0.1) is 6.92 Å². The molecule has 0 aliphatic rings. The van der Waals surface area contributed by atoms with E-state index in [0.717, 1.165) is 24.9 Å². The highest BCUT2D eigenvalue weighted by Crippen LogP contribution is 2.22. The highest BCUT2D eigenvalue weighted by atomic mass is 16.5. The second-order valence-electron chi connectivity index (χ2n) is 5.00. The van der Waals surface area contributed by atoms with Crippen molar-refractivity contribution in [1.29, 1.82) is 0 Å². The Labute approximate surface area is 125 Å². The van der Waals surface area contributed by atoms with Crippen LogP contribution in [0.2, 0.25) is 0 Å². The Morgan fingerprint density at radius 2 is 2.00 bits per heavy atom. The fraction of sp³-hybridized carbons (Fsp3) is 0.375. The lowest BCUT2D eigenvalue weighted by Crippen LogP contribution is -2.08. The van der Waals surface area contributed by atoms with E-state index < -0.39 is 0 Å². The van der Waals surface area contributed by atoms with Crippen LogP contribution in [-0.2, 0) is 6.61 Å². The topological polar surface area (TPSA) is 73.1 Å². The maximum absolute atomic E-state index is 5.81. The number of rotatable bonds is 7. The Morgan fingerprint density at radius 3 is 2.71 bits per heavy atom. The van der Waals surface area contributed by atoms with Gasteiger partial charge < -0.3 is 15.8 Å². The van der Waals surface area contributed by atoms with E-state index in [1.165, 1.54) is 5.56 Å². The Kier molecular flexibility index (Phi) is 5.37. The normalized spacial score (nSPS) is 10.4. The number of aryl methyl sites for hydroxylation is 1. The smallest absolute Gasteiger partial charge is 0.222 e. The van der Waals surface area contributed by atoms with Crippen molar-refractivity contribution in [2.45, 2.75) is 33.3 Å². The van der Waals surface area contributed by atoms with E-state index in [2.05, 4.69) is 53.4 Å². The average molecular weight is 286 g/mol. The zero-order valence-corrected chi connectivity index (χ0v) is 12.6. The van der Waals surface area contributed by atoms with Gasteiger partial charge in [0.2, 0.25) is 5.95 Å². The van der Waals surface area contributed by atoms with Crippen molar-refractivity contribution in [3.63, 3.8) is 0 Å². The van der Waals surface area contributed by atoms with Gasteiger partial charge in [-0.05, 0) is 18.9 Å². The SMILES string of the molecule is CCCCNc1nc(N)ncc1OCc1ccc(C)cc1. The van der Waals surface area contributed by atoms with Crippen molar-refractivity contribution in [2.24, 2.45) is 0 Å². The van der Waals surface area contributed by atoms with Crippen LogP contribution in [0.1, 0.15) is 30.9 Å². The van der Waals surface area contributed by atoms with E-state index in [0.29, 0.717) is 18.2 Å². The fourth-order valence-corrected chi connectivity index (χ4v) is 1.85. The summed E-state index contributed by atoms with van der Waals surface area (Å²) in [5.41, 5.74) is 7.98. The van der Waals surface area contributed by atoms with E-state index in [9.17, 15) is 0 Å². The second-order valence-corrected chi connectivity index (χ2v) is 5.00. The molecular weight excluding hydrogens is 264 g/mol. The Hall–Kier alpha value is -2.30. The summed E-state index contributed by atoms with van der Waals surface area (Å²) in [5.74, 6) is 1.53. The minimum Gasteiger partial charge on any atom is -0.483 e. The molecule has 3 N–H and O–H groups in total. The summed E-state index contributed by atoms with van der Waals surface area (Å²) in [6, 6.07) is 8.24. The van der Waals surface area contributed by atoms with Crippen LogP contribution < -0.4 is 15.8 Å². The molecule has 2 rings (SSSR count). The maximum Gasteiger partial charge on any atom is 0.222 e. The molecule has 112 valence electrons. The molecule has 1 aromatic heterocycles. The van der Waals surface area contributed by atoms with Gasteiger partial charge in [0.05, 0.1) is 6.20 Å². The Balaban J connectivity index is 2.02. The first kappa shape index (κ1) is 15.1. The lowest BCUT2D eigenvalue weighted by Gasteiger charge is -2.12. The van der Waals surface area contributed by atoms with Gasteiger partial charge in [-0.1, -0.05) is 43.2 Å². The highest BCUT2D eigenvalue weighted by molar-refractivity contribution is 5.51. The summed E-state index contributed by atoms with van der Waals surface area (Å²) in [6.45, 7) is 5.53. The molecule has 1 aromatic carbocycles. The van der Waals surface area contributed by atoms with Crippen molar-refractivity contribution in [3.05, 3.63) is 41.6 Å². The first-order valence-electron chi connectivity index (χ1n) is 7.23. The van der Waals surface area contributed by atoms with Crippen molar-refractivity contribution >= 4 is 11.8 Å². The molecule has 0 fully saturated rings. The predicted octanol–water partition coefficient (Wildman–Crippen LogP) is 3.16. The molecule has 0 spiro atoms. The molecule has 0 saturated heterocycles. The van der Waals surface area contributed by atoms with Crippen LogP contribution in [0.5, 0.6) is 5.75 Å². The van der Waals surface area contributed by atoms with Gasteiger partial charge in [-0.25, -0.2) is 4.98 Å². The van der Waals surface area contributed by atoms with E-state index in [1.807, 2.05) is 0 Å². The molecule has 5 nitrogen and oxygen atoms in total. The number of ether oxygens (including phenoxy) is 1. The summed E-state index contributed by atoms with van der Waals surface area (Å²) in [5, 5.41) is 3.24. The van der Waals surface area contributed by atoms with Gasteiger partial charge in [0.25, 0.3) is 0 Å². The van der Waals surface area contributed by atoms with E-state index >= 15 is 0 Å². The standard InChI is InChI=1S/C16H22N4O/c1-3-4-9-18-15-14(10-19-16(17)20-15)21-11-13-7-5-12(2)6-8-13/h5-8,10H,3-4,9,11H2,1-2H3,(H3,17,18,19,20). The molecule has 0 bridgehead atoms. The van der Waals surface area contributed by atoms with Gasteiger partial charge in [0.15, 0.2) is 11.6 Å². The quantitative estimate of drug-likeness (QED) is 0.765. The molecule has 0 atom stereocenters. The van der Waals surface area contributed by atoms with Crippen molar-refractivity contribution in [1.82, 2.24) is 9.97 Å². The molecule has 1 heterocycles. The first-order valence-corrected chi connectivity index (χ1v) is 7.23. The number of aromatic nitrogens is 2. The lowest BCUT2D eigenvalue weighted by molar-refractivity contribution is 0.305. The summed E-state index contributed by atoms with van der Waals surface area (Å²) in [6.07, 6.45) is 3.80. The van der Waals surface area contributed by atoms with Gasteiger partial charge >= 0.3 is 0 Å². The van der Waals surface area contributed by atoms with Crippen LogP contribution in [0.3, 0.4) is 0 Å². The van der Waals surface area contributed by atoms with Gasteiger partial charge in [-0.2, -0.15) is 4.98 Å². The number of hydrogen-bond donors (Lipinski definition) is 2. The van der Waals surface area contributed by atoms with Crippen molar-refractivity contribution in [3.8, 4) is 5.75 Å². The Morgan fingerprint density at radius 1 is 1.24 bits per heavy atom. The molecule has 0 aliphatic carbocycles. The molecular formula is C16H22N4O. The molecule has 5 heteroatoms. The summed E-state index contributed by atoms with van der Waals surface area (Å²) >= 11 is 0. The zero-order valence-electron chi connectivity index (χ0n) is 12.6. The number of nitrogen functional groups attached to an aromatic ring is 1. The van der Waals surface area contributed by atoms with Gasteiger partial charge in [0.1, 0.15) is 6.61 Å². The largest absolute Gasteiger partial charge is 0.483 e. The number of benzene rings is 1. The van der Waals surface area contributed by atoms with Crippen LogP contribution in [0.15, 0.2) is 30.5 Å². The van der Waals surface area contributed by atoms with Crippen LogP contribution >= 0.6 is 0 Å². The predicted molar refractivity (Wildman–Crippen MR) is 85.4 cm³/mol. The van der Waals surface area contributed by atoms with Gasteiger partial charge in [-0.15, -0.1) is 0 Å². The zero-order chi connectivity index (χ0) is 15.1. The number of nitrogens with zero attached hydrogens (tertiary/aromatic N) is 2. The molecule has 0 saturated carbocycles. The van der Waals surface area contributed by atoms with E-state index in [4.69, 9.17) is 10.5 Å². The number of hydrogen-bond acceptors (Lipinski definition) is 5. The molecule has 21 heavy (non-hydrogen) atoms. The first-order chi connectivity index (χ1) is 10.2. The molecule has 0 radical (unpaired) electrons. The third-order valence-electron chi connectivity index (χ3n) is 3.11. The summed E-state index contributed by atoms with van der Waals surface area (Å²) < 4.78 is 5.81. The fourth-order valence-electron chi connectivity index (χ4n) is 1.85. The third kappa shape index (κ3) is 4.63. The van der Waals surface area contributed by atoms with E-state index in [1.54, 1.807) is 6.20 Å². The molecule has 2 aromatic rings. The highest BCUT2D eigenvalue weighted by Gasteiger charge is 2.07. The second kappa shape index (κ2) is 7.47. The van der Waals surface area contributed by atoms with Crippen LogP contribution in [-0.4, -0.2) is 16.5 Å². The number of anilines is 2. The number of nitrogens with one attached hydrogen (secondary N) is 1. The summed E-state index contributed by atoms with van der Waals surface area (Å²) in [7, 11) is 0. The Bertz CT molecular complexity index is 569. The maximum atomic E-state index is 5.81. The molecule has 0 amide bonds. The molecule has 0 aliphatic heterocycles. The summed E-state index contributed by atoms with van der Waals surface area (Å²) in [4.78, 5) is 8.20. The van der Waals surface area contributed by atoms with Crippen LogP contribution in [0.25, 0.3) is 0 Å². The van der Waals surface area contributed by atoms with Crippen LogP contribution in [0.4, 0.5) is 11.8 Å². The van der Waals surface area contributed by atoms with Gasteiger partial charge in [0, 0.05) is 6.54 Å². The number of unbranched alkanes of at least 4 members (excludes halogenated alkanes) is 1. The minimum atomic E-state index is 0.247. The third-order valence-corrected chi connectivity index (χ3v) is 3.11. The average Bonchev–Trinajstić information content (AvgIpc) is 2.48. The van der Waals surface area contributed by atoms with Gasteiger partial charge in [-0.3, -0.25) is 0 Å². The van der Waals surface area contributed by atoms with E-state index in [-0.39, 0.29) is 5.95 Å². The van der Waals surface area contributed by atoms with Crippen molar-refractivity contribution in [2.75, 3.05) is 17.6 Å². The molecule has 0 unspecified atom stereocenters. The minimum absolute atomic E-state index is 0.247.